The summed E-state index contributed by atoms with van der Waals surface area (Å²) in [4.78, 5) is 19.7. The summed E-state index contributed by atoms with van der Waals surface area (Å²) in [6, 6.07) is 17.4. The zero-order valence-corrected chi connectivity index (χ0v) is 21.3. The number of nitrogen functional groups attached to an aromatic ring is 1. The molecule has 2 aromatic carbocycles. The van der Waals surface area contributed by atoms with Gasteiger partial charge in [-0.1, -0.05) is 36.4 Å². The van der Waals surface area contributed by atoms with Gasteiger partial charge in [0.1, 0.15) is 23.7 Å². The van der Waals surface area contributed by atoms with E-state index < -0.39 is 0 Å². The number of hydrogen-bond donors (Lipinski definition) is 3. The maximum absolute atomic E-state index is 9.96. The molecule has 2 aliphatic rings. The Morgan fingerprint density at radius 2 is 1.79 bits per heavy atom. The maximum atomic E-state index is 9.96. The van der Waals surface area contributed by atoms with Crippen LogP contribution in [0, 0.1) is 0 Å². The Bertz CT molecular complexity index is 1580. The van der Waals surface area contributed by atoms with Crippen LogP contribution >= 0.6 is 0 Å². The van der Waals surface area contributed by atoms with E-state index in [2.05, 4.69) is 54.9 Å². The van der Waals surface area contributed by atoms with Gasteiger partial charge >= 0.3 is 0 Å². The number of anilines is 1. The fraction of sp³-hybridized carbons (Fsp3) is 0.379. The Kier molecular flexibility index (Phi) is 5.82. The minimum Gasteiger partial charge on any atom is -0.392 e. The third kappa shape index (κ3) is 4.21. The van der Waals surface area contributed by atoms with Crippen LogP contribution in [0.3, 0.4) is 0 Å². The van der Waals surface area contributed by atoms with Gasteiger partial charge < -0.3 is 15.8 Å². The Balaban J connectivity index is 1.20. The van der Waals surface area contributed by atoms with E-state index in [-0.39, 0.29) is 12.1 Å². The summed E-state index contributed by atoms with van der Waals surface area (Å²) in [5.74, 6) is 1.38. The van der Waals surface area contributed by atoms with E-state index in [1.54, 1.807) is 0 Å². The van der Waals surface area contributed by atoms with Crippen LogP contribution in [0.5, 0.6) is 0 Å². The highest BCUT2D eigenvalue weighted by Gasteiger charge is 2.32. The summed E-state index contributed by atoms with van der Waals surface area (Å²) in [5.41, 5.74) is 12.1. The molecule has 1 saturated carbocycles. The fourth-order valence-corrected chi connectivity index (χ4v) is 6.30. The van der Waals surface area contributed by atoms with Gasteiger partial charge in [0.05, 0.1) is 28.6 Å². The number of H-pyrrole nitrogens is 1. The average Bonchev–Trinajstić information content (AvgIpc) is 3.66. The fourth-order valence-electron chi connectivity index (χ4n) is 6.30. The second kappa shape index (κ2) is 9.49. The quantitative estimate of drug-likeness (QED) is 0.327. The normalized spacial score (nSPS) is 22.5. The van der Waals surface area contributed by atoms with Crippen molar-refractivity contribution >= 4 is 27.9 Å². The van der Waals surface area contributed by atoms with Gasteiger partial charge in [-0.15, -0.1) is 0 Å². The van der Waals surface area contributed by atoms with Gasteiger partial charge in [0.2, 0.25) is 0 Å². The number of aromatic amines is 1. The van der Waals surface area contributed by atoms with E-state index in [4.69, 9.17) is 15.8 Å². The Morgan fingerprint density at radius 1 is 0.974 bits per heavy atom. The number of β-amino-alcohol motifs (C(OH)–C–C–N with tert-alkyl or cyclic N) is 1. The first-order valence-corrected chi connectivity index (χ1v) is 13.6. The molecule has 1 saturated heterocycles. The molecule has 1 atom stereocenters. The van der Waals surface area contributed by atoms with Crippen LogP contribution in [0.1, 0.15) is 49.5 Å². The lowest BCUT2D eigenvalue weighted by Gasteiger charge is -2.34. The Morgan fingerprint density at radius 3 is 2.58 bits per heavy atom. The molecule has 38 heavy (non-hydrogen) atoms. The molecule has 5 aromatic rings. The van der Waals surface area contributed by atoms with E-state index in [1.165, 1.54) is 11.9 Å². The number of fused-ring (bicyclic) bond motifs is 2. The zero-order chi connectivity index (χ0) is 25.6. The molecule has 1 unspecified atom stereocenters. The second-order valence-electron chi connectivity index (χ2n) is 10.7. The average molecular weight is 509 g/mol. The first-order valence-electron chi connectivity index (χ1n) is 13.6. The highest BCUT2D eigenvalue weighted by Crippen LogP contribution is 2.38. The molecule has 3 aromatic heterocycles. The van der Waals surface area contributed by atoms with Crippen LogP contribution in [0.25, 0.3) is 33.3 Å². The third-order valence-electron chi connectivity index (χ3n) is 8.26. The van der Waals surface area contributed by atoms with Gasteiger partial charge in [-0.05, 0) is 49.8 Å². The van der Waals surface area contributed by atoms with E-state index >= 15 is 0 Å². The van der Waals surface area contributed by atoms with E-state index in [0.717, 1.165) is 90.8 Å². The number of nitrogens with one attached hydrogen (secondary N) is 1. The lowest BCUT2D eigenvalue weighted by atomic mass is 9.90. The summed E-state index contributed by atoms with van der Waals surface area (Å²) < 4.78 is 2.08. The molecule has 0 amide bonds. The third-order valence-corrected chi connectivity index (χ3v) is 8.26. The van der Waals surface area contributed by atoms with Crippen LogP contribution < -0.4 is 5.73 Å². The highest BCUT2D eigenvalue weighted by molar-refractivity contribution is 5.99. The molecular weight excluding hydrogens is 476 g/mol. The summed E-state index contributed by atoms with van der Waals surface area (Å²) in [6.07, 6.45) is 7.24. The summed E-state index contributed by atoms with van der Waals surface area (Å²) >= 11 is 0. The molecule has 2 fully saturated rings. The molecule has 194 valence electrons. The topological polar surface area (TPSA) is 122 Å². The molecule has 0 spiro atoms. The van der Waals surface area contributed by atoms with Crippen molar-refractivity contribution in [1.82, 2.24) is 34.6 Å². The van der Waals surface area contributed by atoms with E-state index in [0.29, 0.717) is 11.9 Å². The zero-order valence-electron chi connectivity index (χ0n) is 21.3. The molecule has 7 rings (SSSR count). The highest BCUT2D eigenvalue weighted by atomic mass is 16.3. The van der Waals surface area contributed by atoms with Gasteiger partial charge in [-0.25, -0.2) is 19.6 Å². The lowest BCUT2D eigenvalue weighted by molar-refractivity contribution is 0.130. The van der Waals surface area contributed by atoms with Crippen molar-refractivity contribution in [3.63, 3.8) is 0 Å². The first-order chi connectivity index (χ1) is 18.6. The molecule has 4 N–H and O–H groups in total. The summed E-state index contributed by atoms with van der Waals surface area (Å²) in [7, 11) is 0. The molecule has 1 aliphatic heterocycles. The van der Waals surface area contributed by atoms with Crippen molar-refractivity contribution in [3.05, 3.63) is 66.2 Å². The van der Waals surface area contributed by atoms with Crippen molar-refractivity contribution < 1.29 is 5.11 Å². The van der Waals surface area contributed by atoms with Crippen molar-refractivity contribution in [2.24, 2.45) is 0 Å². The number of aromatic nitrogens is 6. The minimum absolute atomic E-state index is 0.175. The minimum atomic E-state index is -0.175. The number of benzene rings is 2. The van der Waals surface area contributed by atoms with Crippen LogP contribution in [0.4, 0.5) is 5.82 Å². The molecular formula is C29H32N8O. The van der Waals surface area contributed by atoms with Crippen molar-refractivity contribution in [2.75, 3.05) is 18.8 Å². The predicted octanol–water partition coefficient (Wildman–Crippen LogP) is 4.09. The SMILES string of the molecule is Nc1ncnc2c1c(-c1ccc3[nH]c(Cc4ccccc4)nc3c1)nn2C1CCC(N2CCC(O)C2)CC1. The van der Waals surface area contributed by atoms with Gasteiger partial charge in [0, 0.05) is 31.1 Å². The van der Waals surface area contributed by atoms with Gasteiger partial charge in [-0.2, -0.15) is 5.10 Å². The molecule has 9 heteroatoms. The number of rotatable bonds is 5. The number of nitrogens with zero attached hydrogens (tertiary/aromatic N) is 6. The van der Waals surface area contributed by atoms with Crippen molar-refractivity contribution in [3.8, 4) is 11.3 Å². The van der Waals surface area contributed by atoms with Crippen molar-refractivity contribution in [1.29, 1.82) is 0 Å². The van der Waals surface area contributed by atoms with Crippen LogP contribution in [-0.2, 0) is 6.42 Å². The van der Waals surface area contributed by atoms with Gasteiger partial charge in [0.25, 0.3) is 0 Å². The smallest absolute Gasteiger partial charge is 0.164 e. The summed E-state index contributed by atoms with van der Waals surface area (Å²) in [5, 5.41) is 15.9. The molecule has 4 heterocycles. The standard InChI is InChI=1S/C29H32N8O/c30-28-26-27(19-6-11-23-24(15-19)34-25(33-23)14-18-4-2-1-3-5-18)35-37(29(26)32-17-31-28)21-9-7-20(8-10-21)36-13-12-22(38)16-36/h1-6,11,15,17,20-22,38H,7-10,12-14,16H2,(H,33,34)(H2,30,31,32). The monoisotopic (exact) mass is 508 g/mol. The van der Waals surface area contributed by atoms with Gasteiger partial charge in [-0.3, -0.25) is 4.90 Å². The second-order valence-corrected chi connectivity index (χ2v) is 10.7. The van der Waals surface area contributed by atoms with Crippen LogP contribution in [0.2, 0.25) is 0 Å². The number of imidazole rings is 1. The number of aliphatic hydroxyl groups is 1. The van der Waals surface area contributed by atoms with Crippen molar-refractivity contribution in [2.45, 2.75) is 56.7 Å². The predicted molar refractivity (Wildman–Crippen MR) is 148 cm³/mol. The lowest BCUT2D eigenvalue weighted by Crippen LogP contribution is -2.37. The maximum Gasteiger partial charge on any atom is 0.164 e. The number of hydrogen-bond acceptors (Lipinski definition) is 7. The Labute approximate surface area is 220 Å². The van der Waals surface area contributed by atoms with Gasteiger partial charge in [0.15, 0.2) is 5.65 Å². The van der Waals surface area contributed by atoms with E-state index in [9.17, 15) is 5.11 Å². The number of aliphatic hydroxyl groups excluding tert-OH is 1. The van der Waals surface area contributed by atoms with E-state index in [1.807, 2.05) is 18.2 Å². The Hall–Kier alpha value is -3.82. The summed E-state index contributed by atoms with van der Waals surface area (Å²) in [6.45, 7) is 1.80. The van der Waals surface area contributed by atoms with Crippen LogP contribution in [0.15, 0.2) is 54.9 Å². The largest absolute Gasteiger partial charge is 0.392 e. The number of likely N-dealkylation sites (tertiary alicyclic amines) is 1. The molecule has 0 radical (unpaired) electrons. The molecule has 0 bridgehead atoms. The first kappa shape index (κ1) is 23.3. The van der Waals surface area contributed by atoms with Crippen LogP contribution in [-0.4, -0.2) is 65.0 Å². The number of nitrogens with two attached hydrogens (primary N) is 1. The molecule has 9 nitrogen and oxygen atoms in total. The molecule has 1 aliphatic carbocycles.